The van der Waals surface area contributed by atoms with Crippen molar-refractivity contribution in [2.24, 2.45) is 0 Å². The summed E-state index contributed by atoms with van der Waals surface area (Å²) in [6.45, 7) is 4.50. The lowest BCUT2D eigenvalue weighted by Crippen LogP contribution is -2.49. The minimum Gasteiger partial charge on any atom is -0.376 e. The minimum atomic E-state index is -3.68. The zero-order chi connectivity index (χ0) is 23.4. The monoisotopic (exact) mass is 491 g/mol. The number of rotatable bonds is 7. The van der Waals surface area contributed by atoms with Crippen LogP contribution in [-0.2, 0) is 26.1 Å². The van der Waals surface area contributed by atoms with Gasteiger partial charge in [-0.3, -0.25) is 9.59 Å². The van der Waals surface area contributed by atoms with E-state index in [-0.39, 0.29) is 35.9 Å². The standard InChI is InChI=1S/C23H29N3O5S2/c1-18(27)24-10-12-26(13-11-24)33(29,30)22-8-6-19(7-9-22)23(28)25(16-20-4-2-14-31-20)17-21-5-3-15-32-21/h3,5-9,15,20H,2,4,10-14,16-17H2,1H3. The molecule has 2 saturated heterocycles. The summed E-state index contributed by atoms with van der Waals surface area (Å²) in [5.74, 6) is -0.192. The van der Waals surface area contributed by atoms with E-state index in [0.29, 0.717) is 31.7 Å². The molecule has 0 bridgehead atoms. The number of carbonyl (C=O) groups excluding carboxylic acids is 2. The zero-order valence-corrected chi connectivity index (χ0v) is 20.3. The third-order valence-electron chi connectivity index (χ3n) is 6.09. The largest absolute Gasteiger partial charge is 0.376 e. The Morgan fingerprint density at radius 2 is 1.85 bits per heavy atom. The molecule has 2 aliphatic rings. The Morgan fingerprint density at radius 3 is 2.42 bits per heavy atom. The Labute approximate surface area is 198 Å². The van der Waals surface area contributed by atoms with Crippen molar-refractivity contribution in [3.05, 3.63) is 52.2 Å². The number of sulfonamides is 1. The molecule has 3 heterocycles. The fourth-order valence-electron chi connectivity index (χ4n) is 4.19. The van der Waals surface area contributed by atoms with Crippen LogP contribution in [0.1, 0.15) is 35.0 Å². The molecule has 4 rings (SSSR count). The summed E-state index contributed by atoms with van der Waals surface area (Å²) in [7, 11) is -3.68. The molecule has 0 radical (unpaired) electrons. The van der Waals surface area contributed by atoms with Gasteiger partial charge in [0.05, 0.1) is 17.5 Å². The maximum Gasteiger partial charge on any atom is 0.254 e. The quantitative estimate of drug-likeness (QED) is 0.594. The molecule has 0 spiro atoms. The van der Waals surface area contributed by atoms with Crippen LogP contribution in [0, 0.1) is 0 Å². The number of benzene rings is 1. The minimum absolute atomic E-state index is 0.0298. The van der Waals surface area contributed by atoms with Crippen LogP contribution in [0.3, 0.4) is 0 Å². The van der Waals surface area contributed by atoms with E-state index in [1.54, 1.807) is 33.3 Å². The summed E-state index contributed by atoms with van der Waals surface area (Å²) in [4.78, 5) is 29.5. The van der Waals surface area contributed by atoms with Gasteiger partial charge in [0.25, 0.3) is 5.91 Å². The van der Waals surface area contributed by atoms with E-state index in [0.717, 1.165) is 24.3 Å². The fourth-order valence-corrected chi connectivity index (χ4v) is 6.33. The third-order valence-corrected chi connectivity index (χ3v) is 8.86. The smallest absolute Gasteiger partial charge is 0.254 e. The maximum absolute atomic E-state index is 13.3. The van der Waals surface area contributed by atoms with Crippen LogP contribution in [0.5, 0.6) is 0 Å². The average Bonchev–Trinajstić information content (AvgIpc) is 3.53. The first-order valence-electron chi connectivity index (χ1n) is 11.1. The van der Waals surface area contributed by atoms with E-state index in [4.69, 9.17) is 4.74 Å². The van der Waals surface area contributed by atoms with Gasteiger partial charge in [0.15, 0.2) is 0 Å². The van der Waals surface area contributed by atoms with E-state index < -0.39 is 10.0 Å². The molecule has 0 N–H and O–H groups in total. The van der Waals surface area contributed by atoms with E-state index in [9.17, 15) is 18.0 Å². The Kier molecular flexibility index (Phi) is 7.48. The summed E-state index contributed by atoms with van der Waals surface area (Å²) in [6.07, 6.45) is 1.96. The van der Waals surface area contributed by atoms with Gasteiger partial charge in [0.1, 0.15) is 0 Å². The van der Waals surface area contributed by atoms with E-state index >= 15 is 0 Å². The average molecular weight is 492 g/mol. The summed E-state index contributed by atoms with van der Waals surface area (Å²) in [5.41, 5.74) is 0.449. The molecule has 33 heavy (non-hydrogen) atoms. The lowest BCUT2D eigenvalue weighted by molar-refractivity contribution is -0.129. The number of hydrogen-bond acceptors (Lipinski definition) is 6. The molecule has 2 aliphatic heterocycles. The van der Waals surface area contributed by atoms with Gasteiger partial charge in [-0.15, -0.1) is 11.3 Å². The second kappa shape index (κ2) is 10.3. The number of carbonyl (C=O) groups is 2. The molecular formula is C23H29N3O5S2. The van der Waals surface area contributed by atoms with Crippen LogP contribution in [0.2, 0.25) is 0 Å². The maximum atomic E-state index is 13.3. The Morgan fingerprint density at radius 1 is 1.12 bits per heavy atom. The van der Waals surface area contributed by atoms with Crippen molar-refractivity contribution >= 4 is 33.2 Å². The van der Waals surface area contributed by atoms with Crippen molar-refractivity contribution in [2.75, 3.05) is 39.3 Å². The molecular weight excluding hydrogens is 462 g/mol. The number of hydrogen-bond donors (Lipinski definition) is 0. The summed E-state index contributed by atoms with van der Waals surface area (Å²) in [5, 5.41) is 1.99. The van der Waals surface area contributed by atoms with Crippen LogP contribution < -0.4 is 0 Å². The molecule has 1 atom stereocenters. The van der Waals surface area contributed by atoms with E-state index in [1.807, 2.05) is 17.5 Å². The van der Waals surface area contributed by atoms with E-state index in [1.165, 1.54) is 23.4 Å². The Balaban J connectivity index is 1.47. The van der Waals surface area contributed by atoms with Crippen LogP contribution in [0.4, 0.5) is 0 Å². The third kappa shape index (κ3) is 5.63. The van der Waals surface area contributed by atoms with Gasteiger partial charge < -0.3 is 14.5 Å². The normalized spacial score (nSPS) is 19.5. The topological polar surface area (TPSA) is 87.2 Å². The first kappa shape index (κ1) is 23.9. The van der Waals surface area contributed by atoms with Crippen LogP contribution in [0.25, 0.3) is 0 Å². The highest BCUT2D eigenvalue weighted by molar-refractivity contribution is 7.89. The summed E-state index contributed by atoms with van der Waals surface area (Å²) < 4.78 is 33.2. The van der Waals surface area contributed by atoms with Gasteiger partial charge in [-0.2, -0.15) is 4.31 Å². The lowest BCUT2D eigenvalue weighted by Gasteiger charge is -2.33. The summed E-state index contributed by atoms with van der Waals surface area (Å²) >= 11 is 1.60. The predicted octanol–water partition coefficient (Wildman–Crippen LogP) is 2.42. The zero-order valence-electron chi connectivity index (χ0n) is 18.7. The van der Waals surface area contributed by atoms with Crippen molar-refractivity contribution in [1.82, 2.24) is 14.1 Å². The lowest BCUT2D eigenvalue weighted by atomic mass is 10.1. The van der Waals surface area contributed by atoms with Crippen LogP contribution in [0.15, 0.2) is 46.7 Å². The second-order valence-electron chi connectivity index (χ2n) is 8.33. The molecule has 8 nitrogen and oxygen atoms in total. The van der Waals surface area contributed by atoms with Gasteiger partial charge >= 0.3 is 0 Å². The summed E-state index contributed by atoms with van der Waals surface area (Å²) in [6, 6.07) is 10.1. The number of thiophene rings is 1. The van der Waals surface area contributed by atoms with Crippen molar-refractivity contribution in [3.8, 4) is 0 Å². The fraction of sp³-hybridized carbons (Fsp3) is 0.478. The molecule has 0 saturated carbocycles. The predicted molar refractivity (Wildman–Crippen MR) is 125 cm³/mol. The molecule has 2 aromatic rings. The molecule has 178 valence electrons. The van der Waals surface area contributed by atoms with E-state index in [2.05, 4.69) is 0 Å². The second-order valence-corrected chi connectivity index (χ2v) is 11.3. The SMILES string of the molecule is CC(=O)N1CCN(S(=O)(=O)c2ccc(C(=O)N(Cc3cccs3)CC3CCCO3)cc2)CC1. The molecule has 10 heteroatoms. The van der Waals surface area contributed by atoms with Crippen LogP contribution in [-0.4, -0.2) is 79.8 Å². The van der Waals surface area contributed by atoms with Crippen molar-refractivity contribution < 1.29 is 22.7 Å². The molecule has 1 aromatic heterocycles. The highest BCUT2D eigenvalue weighted by atomic mass is 32.2. The van der Waals surface area contributed by atoms with Gasteiger partial charge in [0.2, 0.25) is 15.9 Å². The van der Waals surface area contributed by atoms with Crippen LogP contribution >= 0.6 is 11.3 Å². The number of nitrogens with zero attached hydrogens (tertiary/aromatic N) is 3. The molecule has 0 aliphatic carbocycles. The highest BCUT2D eigenvalue weighted by Gasteiger charge is 2.30. The number of amides is 2. The van der Waals surface area contributed by atoms with Gasteiger partial charge in [-0.1, -0.05) is 6.07 Å². The van der Waals surface area contributed by atoms with Gasteiger partial charge in [0, 0.05) is 56.7 Å². The van der Waals surface area contributed by atoms with Crippen molar-refractivity contribution in [1.29, 1.82) is 0 Å². The number of ether oxygens (including phenoxy) is 1. The highest BCUT2D eigenvalue weighted by Crippen LogP contribution is 2.22. The van der Waals surface area contributed by atoms with Gasteiger partial charge in [-0.05, 0) is 48.6 Å². The molecule has 2 amide bonds. The van der Waals surface area contributed by atoms with Gasteiger partial charge in [-0.25, -0.2) is 8.42 Å². The molecule has 1 unspecified atom stereocenters. The first-order valence-corrected chi connectivity index (χ1v) is 13.5. The molecule has 2 fully saturated rings. The number of piperazine rings is 1. The first-order chi connectivity index (χ1) is 15.8. The Bertz CT molecular complexity index is 1060. The Hall–Kier alpha value is -2.27. The van der Waals surface area contributed by atoms with Crippen molar-refractivity contribution in [2.45, 2.75) is 37.3 Å². The molecule has 1 aromatic carbocycles. The van der Waals surface area contributed by atoms with Crippen molar-refractivity contribution in [3.63, 3.8) is 0 Å².